The van der Waals surface area contributed by atoms with Crippen molar-refractivity contribution in [2.75, 3.05) is 13.1 Å². The molecule has 0 radical (unpaired) electrons. The first kappa shape index (κ1) is 13.4. The predicted molar refractivity (Wildman–Crippen MR) is 74.9 cm³/mol. The van der Waals surface area contributed by atoms with Gasteiger partial charge < -0.3 is 15.5 Å². The highest BCUT2D eigenvalue weighted by atomic mass is 16.3. The van der Waals surface area contributed by atoms with Crippen LogP contribution < -0.4 is 5.32 Å². The molecule has 4 heteroatoms. The van der Waals surface area contributed by atoms with Crippen LogP contribution in [0.15, 0.2) is 24.3 Å². The first-order chi connectivity index (χ1) is 9.06. The van der Waals surface area contributed by atoms with Gasteiger partial charge in [0.2, 0.25) is 0 Å². The highest BCUT2D eigenvalue weighted by molar-refractivity contribution is 6.10. The van der Waals surface area contributed by atoms with Gasteiger partial charge in [-0.25, -0.2) is 0 Å². The maximum absolute atomic E-state index is 12.2. The van der Waals surface area contributed by atoms with Crippen LogP contribution in [-0.2, 0) is 0 Å². The van der Waals surface area contributed by atoms with Crippen molar-refractivity contribution in [3.63, 3.8) is 0 Å². The summed E-state index contributed by atoms with van der Waals surface area (Å²) in [5.41, 5.74) is 1.08. The molecule has 0 atom stereocenters. The van der Waals surface area contributed by atoms with Gasteiger partial charge in [-0.2, -0.15) is 0 Å². The molecular formula is C15H17NO3. The van der Waals surface area contributed by atoms with E-state index in [1.165, 1.54) is 6.07 Å². The Morgan fingerprint density at radius 1 is 1.32 bits per heavy atom. The van der Waals surface area contributed by atoms with Crippen molar-refractivity contribution in [3.05, 3.63) is 35.4 Å². The second kappa shape index (κ2) is 5.28. The average molecular weight is 259 g/mol. The number of carbonyl (C=O) groups is 1. The monoisotopic (exact) mass is 259 g/mol. The molecule has 2 rings (SSSR count). The minimum absolute atomic E-state index is 0.0272. The van der Waals surface area contributed by atoms with Crippen LogP contribution in [-0.4, -0.2) is 29.1 Å². The number of hydrogen-bond donors (Lipinski definition) is 3. The molecule has 2 aromatic carbocycles. The average Bonchev–Trinajstić information content (AvgIpc) is 2.41. The van der Waals surface area contributed by atoms with Crippen LogP contribution >= 0.6 is 0 Å². The SMILES string of the molecule is CCNCC(=O)c1cccc2cc(O)c(O)c(C)c12. The Kier molecular flexibility index (Phi) is 3.71. The largest absolute Gasteiger partial charge is 0.504 e. The summed E-state index contributed by atoms with van der Waals surface area (Å²) in [4.78, 5) is 12.2. The Morgan fingerprint density at radius 2 is 2.05 bits per heavy atom. The number of aryl methyl sites for hydroxylation is 1. The van der Waals surface area contributed by atoms with Crippen LogP contribution in [0.3, 0.4) is 0 Å². The standard InChI is InChI=1S/C15H17NO3/c1-3-16-8-13(18)11-6-4-5-10-7-12(17)15(19)9(2)14(10)11/h4-7,16-17,19H,3,8H2,1-2H3. The lowest BCUT2D eigenvalue weighted by Crippen LogP contribution is -2.22. The van der Waals surface area contributed by atoms with Crippen LogP contribution in [0.4, 0.5) is 0 Å². The number of nitrogens with one attached hydrogen (secondary N) is 1. The number of hydrogen-bond acceptors (Lipinski definition) is 4. The van der Waals surface area contributed by atoms with Gasteiger partial charge in [0.05, 0.1) is 6.54 Å². The molecule has 0 aliphatic carbocycles. The third-order valence-electron chi connectivity index (χ3n) is 3.20. The zero-order valence-electron chi connectivity index (χ0n) is 11.0. The molecule has 0 unspecified atom stereocenters. The topological polar surface area (TPSA) is 69.6 Å². The molecule has 3 N–H and O–H groups in total. The number of Topliss-reactive ketones (excluding diaryl/α,β-unsaturated/α-hetero) is 1. The Hall–Kier alpha value is -2.07. The van der Waals surface area contributed by atoms with Gasteiger partial charge in [-0.05, 0) is 30.3 Å². The van der Waals surface area contributed by atoms with E-state index < -0.39 is 0 Å². The Balaban J connectivity index is 2.62. The van der Waals surface area contributed by atoms with Crippen molar-refractivity contribution in [2.24, 2.45) is 0 Å². The summed E-state index contributed by atoms with van der Waals surface area (Å²) in [7, 11) is 0. The minimum Gasteiger partial charge on any atom is -0.504 e. The van der Waals surface area contributed by atoms with E-state index in [1.54, 1.807) is 19.1 Å². The fourth-order valence-corrected chi connectivity index (χ4v) is 2.20. The van der Waals surface area contributed by atoms with E-state index in [9.17, 15) is 15.0 Å². The Bertz CT molecular complexity index is 635. The zero-order valence-corrected chi connectivity index (χ0v) is 11.0. The molecule has 0 saturated carbocycles. The van der Waals surface area contributed by atoms with Gasteiger partial charge in [0.1, 0.15) is 0 Å². The van der Waals surface area contributed by atoms with E-state index >= 15 is 0 Å². The number of aromatic hydroxyl groups is 2. The van der Waals surface area contributed by atoms with Crippen molar-refractivity contribution in [1.82, 2.24) is 5.32 Å². The van der Waals surface area contributed by atoms with Gasteiger partial charge in [-0.3, -0.25) is 4.79 Å². The summed E-state index contributed by atoms with van der Waals surface area (Å²) < 4.78 is 0. The molecule has 0 fully saturated rings. The fraction of sp³-hybridized carbons (Fsp3) is 0.267. The molecule has 0 bridgehead atoms. The smallest absolute Gasteiger partial charge is 0.177 e. The highest BCUT2D eigenvalue weighted by Crippen LogP contribution is 2.36. The molecule has 0 aliphatic rings. The maximum atomic E-state index is 12.2. The van der Waals surface area contributed by atoms with Gasteiger partial charge in [0.25, 0.3) is 0 Å². The minimum atomic E-state index is -0.170. The fourth-order valence-electron chi connectivity index (χ4n) is 2.20. The number of ketones is 1. The van der Waals surface area contributed by atoms with E-state index in [2.05, 4.69) is 5.32 Å². The summed E-state index contributed by atoms with van der Waals surface area (Å²) in [6.45, 7) is 4.62. The molecule has 0 spiro atoms. The number of likely N-dealkylation sites (N-methyl/N-ethyl adjacent to an activating group) is 1. The molecule has 0 heterocycles. The predicted octanol–water partition coefficient (Wildman–Crippen LogP) is 2.35. The number of rotatable bonds is 4. The van der Waals surface area contributed by atoms with Crippen LogP contribution in [0.5, 0.6) is 11.5 Å². The normalized spacial score (nSPS) is 10.8. The van der Waals surface area contributed by atoms with Gasteiger partial charge >= 0.3 is 0 Å². The number of phenols is 2. The zero-order chi connectivity index (χ0) is 14.0. The molecule has 19 heavy (non-hydrogen) atoms. The lowest BCUT2D eigenvalue weighted by atomic mass is 9.96. The quantitative estimate of drug-likeness (QED) is 0.582. The van der Waals surface area contributed by atoms with Crippen LogP contribution in [0, 0.1) is 6.92 Å². The van der Waals surface area contributed by atoms with E-state index in [0.29, 0.717) is 16.5 Å². The van der Waals surface area contributed by atoms with Crippen molar-refractivity contribution in [1.29, 1.82) is 0 Å². The second-order valence-corrected chi connectivity index (χ2v) is 4.48. The van der Waals surface area contributed by atoms with Gasteiger partial charge in [-0.1, -0.05) is 25.1 Å². The highest BCUT2D eigenvalue weighted by Gasteiger charge is 2.15. The number of phenolic OH excluding ortho intramolecular Hbond substituents is 2. The summed E-state index contributed by atoms with van der Waals surface area (Å²) in [5, 5.41) is 23.9. The summed E-state index contributed by atoms with van der Waals surface area (Å²) >= 11 is 0. The number of carbonyl (C=O) groups excluding carboxylic acids is 1. The number of fused-ring (bicyclic) bond motifs is 1. The van der Waals surface area contributed by atoms with Crippen molar-refractivity contribution in [2.45, 2.75) is 13.8 Å². The lowest BCUT2D eigenvalue weighted by Gasteiger charge is -2.11. The summed E-state index contributed by atoms with van der Waals surface area (Å²) in [6.07, 6.45) is 0. The third-order valence-corrected chi connectivity index (χ3v) is 3.20. The third kappa shape index (κ3) is 2.39. The molecule has 0 aliphatic heterocycles. The summed E-state index contributed by atoms with van der Waals surface area (Å²) in [6, 6.07) is 6.80. The molecule has 100 valence electrons. The molecule has 0 saturated heterocycles. The van der Waals surface area contributed by atoms with Crippen molar-refractivity contribution >= 4 is 16.6 Å². The molecule has 0 amide bonds. The van der Waals surface area contributed by atoms with E-state index in [4.69, 9.17) is 0 Å². The van der Waals surface area contributed by atoms with Gasteiger partial charge in [-0.15, -0.1) is 0 Å². The lowest BCUT2D eigenvalue weighted by molar-refractivity contribution is 0.0993. The number of benzene rings is 2. The second-order valence-electron chi connectivity index (χ2n) is 4.48. The Labute approximate surface area is 111 Å². The first-order valence-corrected chi connectivity index (χ1v) is 6.24. The first-order valence-electron chi connectivity index (χ1n) is 6.24. The van der Waals surface area contributed by atoms with Crippen LogP contribution in [0.1, 0.15) is 22.8 Å². The molecule has 0 aromatic heterocycles. The molecular weight excluding hydrogens is 242 g/mol. The summed E-state index contributed by atoms with van der Waals surface area (Å²) in [5.74, 6) is -0.363. The van der Waals surface area contributed by atoms with Crippen LogP contribution in [0.25, 0.3) is 10.8 Å². The maximum Gasteiger partial charge on any atom is 0.177 e. The molecule has 4 nitrogen and oxygen atoms in total. The van der Waals surface area contributed by atoms with Crippen molar-refractivity contribution in [3.8, 4) is 11.5 Å². The van der Waals surface area contributed by atoms with E-state index in [1.807, 2.05) is 13.0 Å². The van der Waals surface area contributed by atoms with E-state index in [-0.39, 0.29) is 23.8 Å². The van der Waals surface area contributed by atoms with Gasteiger partial charge in [0, 0.05) is 11.1 Å². The van der Waals surface area contributed by atoms with E-state index in [0.717, 1.165) is 11.9 Å². The molecule has 2 aromatic rings. The van der Waals surface area contributed by atoms with Gasteiger partial charge in [0.15, 0.2) is 17.3 Å². The Morgan fingerprint density at radius 3 is 2.74 bits per heavy atom. The van der Waals surface area contributed by atoms with Crippen LogP contribution in [0.2, 0.25) is 0 Å². The van der Waals surface area contributed by atoms with Crippen molar-refractivity contribution < 1.29 is 15.0 Å².